The van der Waals surface area contributed by atoms with E-state index in [4.69, 9.17) is 0 Å². The van der Waals surface area contributed by atoms with Crippen LogP contribution in [0.3, 0.4) is 0 Å². The van der Waals surface area contributed by atoms with E-state index >= 15 is 0 Å². The molecule has 0 aromatic heterocycles. The SMILES string of the molecule is CN=C(NCCCC1CCCC1)NCC1CCCN(C)C1. The van der Waals surface area contributed by atoms with Gasteiger partial charge in [-0.2, -0.15) is 0 Å². The van der Waals surface area contributed by atoms with Crippen LogP contribution in [-0.2, 0) is 0 Å². The maximum Gasteiger partial charge on any atom is 0.190 e. The second kappa shape index (κ2) is 9.29. The molecule has 0 radical (unpaired) electrons. The Labute approximate surface area is 130 Å². The minimum atomic E-state index is 0.765. The number of guanidine groups is 1. The highest BCUT2D eigenvalue weighted by Gasteiger charge is 2.17. The first-order chi connectivity index (χ1) is 10.3. The quantitative estimate of drug-likeness (QED) is 0.449. The zero-order valence-corrected chi connectivity index (χ0v) is 14.0. The Morgan fingerprint density at radius 1 is 1.10 bits per heavy atom. The number of aliphatic imine (C=N–C) groups is 1. The molecule has 2 fully saturated rings. The molecule has 0 aromatic carbocycles. The van der Waals surface area contributed by atoms with E-state index in [-0.39, 0.29) is 0 Å². The number of piperidine rings is 1. The first-order valence-corrected chi connectivity index (χ1v) is 8.91. The molecule has 2 aliphatic rings. The molecular weight excluding hydrogens is 260 g/mol. The fraction of sp³-hybridized carbons (Fsp3) is 0.941. The van der Waals surface area contributed by atoms with Gasteiger partial charge in [-0.3, -0.25) is 4.99 Å². The monoisotopic (exact) mass is 294 g/mol. The van der Waals surface area contributed by atoms with Gasteiger partial charge in [-0.05, 0) is 51.1 Å². The van der Waals surface area contributed by atoms with Crippen molar-refractivity contribution in [2.75, 3.05) is 40.3 Å². The molecule has 2 rings (SSSR count). The van der Waals surface area contributed by atoms with E-state index in [1.807, 2.05) is 7.05 Å². The molecule has 21 heavy (non-hydrogen) atoms. The Morgan fingerprint density at radius 3 is 2.57 bits per heavy atom. The van der Waals surface area contributed by atoms with Gasteiger partial charge in [-0.1, -0.05) is 25.7 Å². The molecule has 0 bridgehead atoms. The van der Waals surface area contributed by atoms with E-state index in [1.165, 1.54) is 64.5 Å². The summed E-state index contributed by atoms with van der Waals surface area (Å²) in [5.41, 5.74) is 0. The Balaban J connectivity index is 1.55. The molecule has 1 aliphatic carbocycles. The van der Waals surface area contributed by atoms with Crippen molar-refractivity contribution in [3.05, 3.63) is 0 Å². The van der Waals surface area contributed by atoms with Crippen LogP contribution < -0.4 is 10.6 Å². The molecule has 0 amide bonds. The lowest BCUT2D eigenvalue weighted by atomic mass is 9.99. The molecule has 1 atom stereocenters. The van der Waals surface area contributed by atoms with Gasteiger partial charge in [0.25, 0.3) is 0 Å². The van der Waals surface area contributed by atoms with Gasteiger partial charge in [-0.25, -0.2) is 0 Å². The van der Waals surface area contributed by atoms with E-state index < -0.39 is 0 Å². The van der Waals surface area contributed by atoms with Gasteiger partial charge in [0.2, 0.25) is 0 Å². The number of likely N-dealkylation sites (tertiary alicyclic amines) is 1. The number of nitrogens with one attached hydrogen (secondary N) is 2. The van der Waals surface area contributed by atoms with Crippen LogP contribution in [0, 0.1) is 11.8 Å². The maximum atomic E-state index is 4.34. The van der Waals surface area contributed by atoms with Crippen LogP contribution in [0.15, 0.2) is 4.99 Å². The fourth-order valence-corrected chi connectivity index (χ4v) is 3.80. The number of hydrogen-bond acceptors (Lipinski definition) is 2. The molecule has 0 aromatic rings. The van der Waals surface area contributed by atoms with Gasteiger partial charge in [0.05, 0.1) is 0 Å². The zero-order valence-electron chi connectivity index (χ0n) is 14.0. The summed E-state index contributed by atoms with van der Waals surface area (Å²) in [7, 11) is 4.10. The summed E-state index contributed by atoms with van der Waals surface area (Å²) in [4.78, 5) is 6.78. The molecule has 1 unspecified atom stereocenters. The van der Waals surface area contributed by atoms with E-state index in [2.05, 4.69) is 27.6 Å². The number of nitrogens with zero attached hydrogens (tertiary/aromatic N) is 2. The normalized spacial score (nSPS) is 25.2. The predicted octanol–water partition coefficient (Wildman–Crippen LogP) is 2.46. The van der Waals surface area contributed by atoms with Crippen molar-refractivity contribution in [3.8, 4) is 0 Å². The highest BCUT2D eigenvalue weighted by molar-refractivity contribution is 5.79. The third kappa shape index (κ3) is 6.25. The number of rotatable bonds is 6. The highest BCUT2D eigenvalue weighted by atomic mass is 15.2. The van der Waals surface area contributed by atoms with Crippen molar-refractivity contribution in [1.29, 1.82) is 0 Å². The zero-order chi connectivity index (χ0) is 14.9. The lowest BCUT2D eigenvalue weighted by Crippen LogP contribution is -2.43. The summed E-state index contributed by atoms with van der Waals surface area (Å²) in [6, 6.07) is 0. The van der Waals surface area contributed by atoms with Gasteiger partial charge < -0.3 is 15.5 Å². The van der Waals surface area contributed by atoms with Crippen LogP contribution in [0.2, 0.25) is 0 Å². The molecule has 1 aliphatic heterocycles. The van der Waals surface area contributed by atoms with Crippen molar-refractivity contribution in [1.82, 2.24) is 15.5 Å². The molecular formula is C17H34N4. The average molecular weight is 294 g/mol. The van der Waals surface area contributed by atoms with E-state index in [0.717, 1.165) is 30.9 Å². The Bertz CT molecular complexity index is 310. The first-order valence-electron chi connectivity index (χ1n) is 8.91. The van der Waals surface area contributed by atoms with Gasteiger partial charge in [0.15, 0.2) is 5.96 Å². The van der Waals surface area contributed by atoms with Crippen molar-refractivity contribution in [3.63, 3.8) is 0 Å². The van der Waals surface area contributed by atoms with Crippen molar-refractivity contribution < 1.29 is 0 Å². The molecule has 1 heterocycles. The fourth-order valence-electron chi connectivity index (χ4n) is 3.80. The Kier molecular flexibility index (Phi) is 7.34. The summed E-state index contributed by atoms with van der Waals surface area (Å²) in [5, 5.41) is 6.97. The maximum absolute atomic E-state index is 4.34. The van der Waals surface area contributed by atoms with Crippen molar-refractivity contribution in [2.45, 2.75) is 51.4 Å². The average Bonchev–Trinajstić information content (AvgIpc) is 3.00. The third-order valence-corrected chi connectivity index (χ3v) is 5.06. The Hall–Kier alpha value is -0.770. The van der Waals surface area contributed by atoms with Crippen LogP contribution in [0.1, 0.15) is 51.4 Å². The number of hydrogen-bond donors (Lipinski definition) is 2. The lowest BCUT2D eigenvalue weighted by Gasteiger charge is -2.30. The largest absolute Gasteiger partial charge is 0.356 e. The first kappa shape index (κ1) is 16.6. The summed E-state index contributed by atoms with van der Waals surface area (Å²) < 4.78 is 0. The van der Waals surface area contributed by atoms with E-state index in [9.17, 15) is 0 Å². The molecule has 1 saturated heterocycles. The van der Waals surface area contributed by atoms with Crippen LogP contribution in [0.25, 0.3) is 0 Å². The summed E-state index contributed by atoms with van der Waals surface area (Å²) in [5.74, 6) is 2.75. The molecule has 0 spiro atoms. The van der Waals surface area contributed by atoms with Gasteiger partial charge >= 0.3 is 0 Å². The molecule has 2 N–H and O–H groups in total. The Morgan fingerprint density at radius 2 is 1.86 bits per heavy atom. The van der Waals surface area contributed by atoms with E-state index in [1.54, 1.807) is 0 Å². The van der Waals surface area contributed by atoms with Crippen LogP contribution in [-0.4, -0.2) is 51.1 Å². The topological polar surface area (TPSA) is 39.7 Å². The van der Waals surface area contributed by atoms with Gasteiger partial charge in [-0.15, -0.1) is 0 Å². The summed E-state index contributed by atoms with van der Waals surface area (Å²) in [6.07, 6.45) is 11.2. The van der Waals surface area contributed by atoms with Crippen LogP contribution in [0.4, 0.5) is 0 Å². The van der Waals surface area contributed by atoms with Gasteiger partial charge in [0.1, 0.15) is 0 Å². The second-order valence-electron chi connectivity index (χ2n) is 6.94. The molecule has 4 heteroatoms. The van der Waals surface area contributed by atoms with Crippen LogP contribution >= 0.6 is 0 Å². The minimum absolute atomic E-state index is 0.765. The summed E-state index contributed by atoms with van der Waals surface area (Å²) in [6.45, 7) is 4.57. The smallest absolute Gasteiger partial charge is 0.190 e. The van der Waals surface area contributed by atoms with Crippen LogP contribution in [0.5, 0.6) is 0 Å². The standard InChI is InChI=1S/C17H34N4/c1-18-17(19-11-5-9-15-7-3-4-8-15)20-13-16-10-6-12-21(2)14-16/h15-16H,3-14H2,1-2H3,(H2,18,19,20). The molecule has 1 saturated carbocycles. The van der Waals surface area contributed by atoms with Crippen molar-refractivity contribution in [2.24, 2.45) is 16.8 Å². The predicted molar refractivity (Wildman–Crippen MR) is 90.8 cm³/mol. The highest BCUT2D eigenvalue weighted by Crippen LogP contribution is 2.28. The lowest BCUT2D eigenvalue weighted by molar-refractivity contribution is 0.210. The molecule has 122 valence electrons. The van der Waals surface area contributed by atoms with Crippen molar-refractivity contribution >= 4 is 5.96 Å². The molecule has 4 nitrogen and oxygen atoms in total. The van der Waals surface area contributed by atoms with Gasteiger partial charge in [0, 0.05) is 26.7 Å². The second-order valence-corrected chi connectivity index (χ2v) is 6.94. The van der Waals surface area contributed by atoms with E-state index in [0.29, 0.717) is 0 Å². The summed E-state index contributed by atoms with van der Waals surface area (Å²) >= 11 is 0. The third-order valence-electron chi connectivity index (χ3n) is 5.06. The minimum Gasteiger partial charge on any atom is -0.356 e.